The van der Waals surface area contributed by atoms with E-state index in [1.807, 2.05) is 55.5 Å². The summed E-state index contributed by atoms with van der Waals surface area (Å²) in [6.07, 6.45) is 0. The van der Waals surface area contributed by atoms with Crippen LogP contribution in [-0.2, 0) is 11.3 Å². The molecular formula is C22H24N4O2. The average Bonchev–Trinajstić information content (AvgIpc) is 3.36. The average molecular weight is 376 g/mol. The van der Waals surface area contributed by atoms with Crippen LogP contribution >= 0.6 is 0 Å². The van der Waals surface area contributed by atoms with Gasteiger partial charge >= 0.3 is 6.03 Å². The Bertz CT molecular complexity index is 949. The number of carbonyl (C=O) groups excluding carboxylic acids is 1. The van der Waals surface area contributed by atoms with Crippen LogP contribution in [0.3, 0.4) is 0 Å². The number of aromatic nitrogens is 1. The van der Waals surface area contributed by atoms with E-state index in [0.29, 0.717) is 26.3 Å². The van der Waals surface area contributed by atoms with Gasteiger partial charge in [0.1, 0.15) is 5.82 Å². The summed E-state index contributed by atoms with van der Waals surface area (Å²) < 4.78 is 5.48. The molecule has 1 fully saturated rings. The van der Waals surface area contributed by atoms with Gasteiger partial charge in [0.05, 0.1) is 6.61 Å². The van der Waals surface area contributed by atoms with Crippen molar-refractivity contribution in [2.45, 2.75) is 13.5 Å². The zero-order chi connectivity index (χ0) is 19.3. The standard InChI is InChI=1S/C22H24N4O2/c1-2-28-15-16-4-3-5-18(14-16)24-21-11-10-20(25-21)17-6-8-19(9-7-17)26-13-12-23-22(26)27/h3-11,14,24-25H,2,12-13,15H2,1H3,(H,23,27). The molecule has 28 heavy (non-hydrogen) atoms. The van der Waals surface area contributed by atoms with Crippen LogP contribution in [0.4, 0.5) is 22.0 Å². The first-order valence-corrected chi connectivity index (χ1v) is 9.51. The molecule has 2 aromatic carbocycles. The molecule has 0 spiro atoms. The Kier molecular flexibility index (Phi) is 5.30. The predicted molar refractivity (Wildman–Crippen MR) is 112 cm³/mol. The van der Waals surface area contributed by atoms with E-state index in [1.165, 1.54) is 0 Å². The Morgan fingerprint density at radius 2 is 1.96 bits per heavy atom. The molecule has 1 aliphatic heterocycles. The first-order valence-electron chi connectivity index (χ1n) is 9.51. The van der Waals surface area contributed by atoms with Crippen molar-refractivity contribution in [3.8, 4) is 11.3 Å². The van der Waals surface area contributed by atoms with E-state index in [9.17, 15) is 4.79 Å². The maximum atomic E-state index is 11.8. The number of urea groups is 1. The van der Waals surface area contributed by atoms with Gasteiger partial charge in [-0.25, -0.2) is 4.79 Å². The van der Waals surface area contributed by atoms with Crippen molar-refractivity contribution in [2.24, 2.45) is 0 Å². The number of ether oxygens (including phenoxy) is 1. The lowest BCUT2D eigenvalue weighted by atomic mass is 10.1. The quantitative estimate of drug-likeness (QED) is 0.569. The second kappa shape index (κ2) is 8.19. The smallest absolute Gasteiger partial charge is 0.321 e. The topological polar surface area (TPSA) is 69.4 Å². The molecule has 2 heterocycles. The third-order valence-electron chi connectivity index (χ3n) is 4.71. The summed E-state index contributed by atoms with van der Waals surface area (Å²) >= 11 is 0. The zero-order valence-electron chi connectivity index (χ0n) is 15.9. The number of hydrogen-bond donors (Lipinski definition) is 3. The van der Waals surface area contributed by atoms with E-state index in [1.54, 1.807) is 4.90 Å². The van der Waals surface area contributed by atoms with Gasteiger partial charge in [0.15, 0.2) is 0 Å². The van der Waals surface area contributed by atoms with Crippen molar-refractivity contribution in [3.05, 3.63) is 66.2 Å². The van der Waals surface area contributed by atoms with Gasteiger partial charge in [0, 0.05) is 36.8 Å². The minimum Gasteiger partial charge on any atom is -0.377 e. The SMILES string of the molecule is CCOCc1cccc(Nc2ccc(-c3ccc(N4CCNC4=O)cc3)[nH]2)c1. The molecule has 0 unspecified atom stereocenters. The molecule has 3 aromatic rings. The number of carbonyl (C=O) groups is 1. The summed E-state index contributed by atoms with van der Waals surface area (Å²) in [6.45, 7) is 4.71. The maximum absolute atomic E-state index is 11.8. The number of amides is 2. The van der Waals surface area contributed by atoms with Crippen LogP contribution in [0.25, 0.3) is 11.3 Å². The highest BCUT2D eigenvalue weighted by atomic mass is 16.5. The molecule has 0 saturated carbocycles. The maximum Gasteiger partial charge on any atom is 0.321 e. The Balaban J connectivity index is 1.45. The highest BCUT2D eigenvalue weighted by Crippen LogP contribution is 2.26. The molecule has 6 heteroatoms. The van der Waals surface area contributed by atoms with Gasteiger partial charge in [-0.15, -0.1) is 0 Å². The molecule has 2 amide bonds. The fourth-order valence-corrected chi connectivity index (χ4v) is 3.29. The van der Waals surface area contributed by atoms with Crippen LogP contribution in [0.2, 0.25) is 0 Å². The molecular weight excluding hydrogens is 352 g/mol. The summed E-state index contributed by atoms with van der Waals surface area (Å²) in [5.41, 5.74) is 5.16. The Labute approximate surface area is 164 Å². The fraction of sp³-hybridized carbons (Fsp3) is 0.227. The lowest BCUT2D eigenvalue weighted by Crippen LogP contribution is -2.27. The molecule has 1 aromatic heterocycles. The van der Waals surface area contributed by atoms with Gasteiger partial charge < -0.3 is 20.4 Å². The number of nitrogens with zero attached hydrogens (tertiary/aromatic N) is 1. The van der Waals surface area contributed by atoms with Gasteiger partial charge in [-0.2, -0.15) is 0 Å². The minimum atomic E-state index is -0.0364. The summed E-state index contributed by atoms with van der Waals surface area (Å²) in [7, 11) is 0. The van der Waals surface area contributed by atoms with Crippen molar-refractivity contribution in [3.63, 3.8) is 0 Å². The van der Waals surface area contributed by atoms with E-state index < -0.39 is 0 Å². The molecule has 6 nitrogen and oxygen atoms in total. The normalized spacial score (nSPS) is 13.6. The van der Waals surface area contributed by atoms with Crippen molar-refractivity contribution < 1.29 is 9.53 Å². The molecule has 0 atom stereocenters. The molecule has 4 rings (SSSR count). The Morgan fingerprint density at radius 1 is 1.11 bits per heavy atom. The van der Waals surface area contributed by atoms with Gasteiger partial charge in [-0.05, 0) is 54.4 Å². The van der Waals surface area contributed by atoms with E-state index in [4.69, 9.17) is 4.74 Å². The number of benzene rings is 2. The third-order valence-corrected chi connectivity index (χ3v) is 4.71. The van der Waals surface area contributed by atoms with E-state index in [-0.39, 0.29) is 6.03 Å². The second-order valence-corrected chi connectivity index (χ2v) is 6.68. The lowest BCUT2D eigenvalue weighted by Gasteiger charge is -2.14. The van der Waals surface area contributed by atoms with Crippen LogP contribution < -0.4 is 15.5 Å². The number of nitrogens with one attached hydrogen (secondary N) is 3. The Morgan fingerprint density at radius 3 is 2.71 bits per heavy atom. The van der Waals surface area contributed by atoms with Crippen LogP contribution in [0.1, 0.15) is 12.5 Å². The van der Waals surface area contributed by atoms with E-state index in [2.05, 4.69) is 27.8 Å². The van der Waals surface area contributed by atoms with E-state index >= 15 is 0 Å². The van der Waals surface area contributed by atoms with Gasteiger partial charge in [0.25, 0.3) is 0 Å². The molecule has 3 N–H and O–H groups in total. The van der Waals surface area contributed by atoms with Crippen molar-refractivity contribution >= 4 is 23.2 Å². The third kappa shape index (κ3) is 4.02. The number of H-pyrrole nitrogens is 1. The van der Waals surface area contributed by atoms with E-state index in [0.717, 1.165) is 34.0 Å². The second-order valence-electron chi connectivity index (χ2n) is 6.68. The largest absolute Gasteiger partial charge is 0.377 e. The minimum absolute atomic E-state index is 0.0364. The Hall–Kier alpha value is -3.25. The van der Waals surface area contributed by atoms with Crippen LogP contribution in [0.15, 0.2) is 60.7 Å². The zero-order valence-corrected chi connectivity index (χ0v) is 15.9. The van der Waals surface area contributed by atoms with Crippen molar-refractivity contribution in [1.29, 1.82) is 0 Å². The molecule has 0 radical (unpaired) electrons. The number of anilines is 3. The molecule has 1 aliphatic rings. The molecule has 0 aliphatic carbocycles. The first kappa shape index (κ1) is 18.1. The number of rotatable bonds is 7. The summed E-state index contributed by atoms with van der Waals surface area (Å²) in [6, 6.07) is 20.2. The number of hydrogen-bond acceptors (Lipinski definition) is 3. The molecule has 0 bridgehead atoms. The molecule has 144 valence electrons. The van der Waals surface area contributed by atoms with Crippen LogP contribution in [0, 0.1) is 0 Å². The predicted octanol–water partition coefficient (Wildman–Crippen LogP) is 4.49. The first-order chi connectivity index (χ1) is 13.7. The van der Waals surface area contributed by atoms with Crippen molar-refractivity contribution in [1.82, 2.24) is 10.3 Å². The summed E-state index contributed by atoms with van der Waals surface area (Å²) in [5.74, 6) is 0.923. The lowest BCUT2D eigenvalue weighted by molar-refractivity contribution is 0.134. The number of aromatic amines is 1. The monoisotopic (exact) mass is 376 g/mol. The summed E-state index contributed by atoms with van der Waals surface area (Å²) in [4.78, 5) is 16.9. The van der Waals surface area contributed by atoms with Crippen LogP contribution in [0.5, 0.6) is 0 Å². The van der Waals surface area contributed by atoms with Gasteiger partial charge in [-0.3, -0.25) is 4.90 Å². The van der Waals surface area contributed by atoms with Crippen LogP contribution in [-0.4, -0.2) is 30.7 Å². The fourth-order valence-electron chi connectivity index (χ4n) is 3.29. The van der Waals surface area contributed by atoms with Crippen molar-refractivity contribution in [2.75, 3.05) is 29.9 Å². The summed E-state index contributed by atoms with van der Waals surface area (Å²) in [5, 5.41) is 6.22. The molecule has 1 saturated heterocycles. The highest BCUT2D eigenvalue weighted by Gasteiger charge is 2.20. The van der Waals surface area contributed by atoms with Gasteiger partial charge in [-0.1, -0.05) is 24.3 Å². The highest BCUT2D eigenvalue weighted by molar-refractivity contribution is 5.94. The van der Waals surface area contributed by atoms with Gasteiger partial charge in [0.2, 0.25) is 0 Å².